The first-order chi connectivity index (χ1) is 19.0. The van der Waals surface area contributed by atoms with Gasteiger partial charge in [-0.3, -0.25) is 19.7 Å². The van der Waals surface area contributed by atoms with Crippen molar-refractivity contribution in [3.8, 4) is 5.75 Å². The minimum absolute atomic E-state index is 0.0334. The molecular weight excluding hydrogens is 538 g/mol. The molecule has 0 saturated carbocycles. The van der Waals surface area contributed by atoms with Gasteiger partial charge in [0.05, 0.1) is 12.6 Å². The Balaban J connectivity index is 1.57. The van der Waals surface area contributed by atoms with Crippen LogP contribution in [0.3, 0.4) is 0 Å². The van der Waals surface area contributed by atoms with Gasteiger partial charge in [-0.2, -0.15) is 0 Å². The maximum Gasteiger partial charge on any atom is 0.243 e. The number of carbonyl (C=O) groups excluding carboxylic acids is 3. The maximum atomic E-state index is 14.1. The SMILES string of the molecule is CN[C@@H](C)C(N[C@H]1CN(C(=O)CS(C)(=O)=O)CC[C@H]2CC[C@@H](C(=O)N[C@@H]3CCOc4ccccc43)N2C1=O)OC. The number of ether oxygens (including phenoxy) is 2. The molecule has 0 spiro atoms. The summed E-state index contributed by atoms with van der Waals surface area (Å²) in [5, 5.41) is 9.47. The zero-order valence-corrected chi connectivity index (χ0v) is 24.4. The molecule has 12 nitrogen and oxygen atoms in total. The van der Waals surface area contributed by atoms with Gasteiger partial charge in [0.15, 0.2) is 9.84 Å². The molecule has 2 saturated heterocycles. The van der Waals surface area contributed by atoms with Gasteiger partial charge in [-0.15, -0.1) is 0 Å². The summed E-state index contributed by atoms with van der Waals surface area (Å²) < 4.78 is 35.0. The van der Waals surface area contributed by atoms with Crippen LogP contribution < -0.4 is 20.7 Å². The first kappa shape index (κ1) is 30.2. The predicted octanol–water partition coefficient (Wildman–Crippen LogP) is -0.198. The smallest absolute Gasteiger partial charge is 0.243 e. The van der Waals surface area contributed by atoms with Gasteiger partial charge in [-0.25, -0.2) is 8.42 Å². The molecule has 6 atom stereocenters. The highest BCUT2D eigenvalue weighted by atomic mass is 32.2. The number of nitrogens with one attached hydrogen (secondary N) is 3. The third-order valence-corrected chi connectivity index (χ3v) is 8.81. The van der Waals surface area contributed by atoms with E-state index in [1.165, 1.54) is 12.0 Å². The normalized spacial score (nSPS) is 26.6. The molecule has 222 valence electrons. The van der Waals surface area contributed by atoms with E-state index in [4.69, 9.17) is 9.47 Å². The van der Waals surface area contributed by atoms with Gasteiger partial charge in [0, 0.05) is 50.5 Å². The third-order valence-electron chi connectivity index (χ3n) is 8.04. The van der Waals surface area contributed by atoms with Crippen LogP contribution in [0.2, 0.25) is 0 Å². The Morgan fingerprint density at radius 1 is 1.15 bits per heavy atom. The molecule has 3 heterocycles. The summed E-state index contributed by atoms with van der Waals surface area (Å²) in [6, 6.07) is 5.42. The Morgan fingerprint density at radius 2 is 1.90 bits per heavy atom. The predicted molar refractivity (Wildman–Crippen MR) is 148 cm³/mol. The molecule has 2 fully saturated rings. The molecule has 3 aliphatic heterocycles. The van der Waals surface area contributed by atoms with Crippen LogP contribution in [-0.2, 0) is 29.0 Å². The van der Waals surface area contributed by atoms with Crippen LogP contribution in [0.1, 0.15) is 44.2 Å². The zero-order chi connectivity index (χ0) is 29.0. The summed E-state index contributed by atoms with van der Waals surface area (Å²) in [5.41, 5.74) is 0.916. The highest BCUT2D eigenvalue weighted by molar-refractivity contribution is 7.91. The van der Waals surface area contributed by atoms with Crippen LogP contribution in [0, 0.1) is 0 Å². The Labute approximate surface area is 236 Å². The van der Waals surface area contributed by atoms with E-state index in [0.29, 0.717) is 32.3 Å². The number of hydrogen-bond donors (Lipinski definition) is 3. The van der Waals surface area contributed by atoms with E-state index in [2.05, 4.69) is 16.0 Å². The van der Waals surface area contributed by atoms with E-state index in [9.17, 15) is 22.8 Å². The lowest BCUT2D eigenvalue weighted by Gasteiger charge is -2.40. The standard InChI is InChI=1S/C27H41N5O7S/c1-17(28-2)26(38-3)30-21-15-31(24(33)16-40(4,36)37)13-11-18-9-10-22(32(18)27(21)35)25(34)29-20-12-14-39-23-8-6-5-7-19(20)23/h5-8,17-18,20-22,26,28,30H,9-16H2,1-4H3,(H,29,34)/t17-,18+,20+,21-,22-,26?/m0/s1. The molecule has 0 aliphatic carbocycles. The summed E-state index contributed by atoms with van der Waals surface area (Å²) in [5.74, 6) is -0.943. The fraction of sp³-hybridized carbons (Fsp3) is 0.667. The van der Waals surface area contributed by atoms with Gasteiger partial charge in [0.25, 0.3) is 0 Å². The van der Waals surface area contributed by atoms with E-state index in [0.717, 1.165) is 17.6 Å². The monoisotopic (exact) mass is 579 g/mol. The van der Waals surface area contributed by atoms with Gasteiger partial charge in [-0.05, 0) is 39.3 Å². The van der Waals surface area contributed by atoms with Crippen molar-refractivity contribution in [3.05, 3.63) is 29.8 Å². The molecule has 3 aliphatic rings. The zero-order valence-electron chi connectivity index (χ0n) is 23.6. The number of methoxy groups -OCH3 is 1. The first-order valence-electron chi connectivity index (χ1n) is 13.8. The van der Waals surface area contributed by atoms with E-state index >= 15 is 0 Å². The highest BCUT2D eigenvalue weighted by Crippen LogP contribution is 2.34. The Kier molecular flexibility index (Phi) is 9.70. The summed E-state index contributed by atoms with van der Waals surface area (Å²) in [6.07, 6.45) is 2.64. The number of likely N-dealkylation sites (N-methyl/N-ethyl adjacent to an activating group) is 1. The molecule has 4 rings (SSSR count). The van der Waals surface area contributed by atoms with Crippen LogP contribution in [0.5, 0.6) is 5.75 Å². The molecule has 3 N–H and O–H groups in total. The molecular formula is C27H41N5O7S. The fourth-order valence-corrected chi connectivity index (χ4v) is 6.46. The largest absolute Gasteiger partial charge is 0.493 e. The number of carbonyl (C=O) groups is 3. The van der Waals surface area contributed by atoms with Crippen molar-refractivity contribution in [1.29, 1.82) is 0 Å². The first-order valence-corrected chi connectivity index (χ1v) is 15.8. The second-order valence-electron chi connectivity index (χ2n) is 10.9. The number of benzene rings is 1. The van der Waals surface area contributed by atoms with Crippen molar-refractivity contribution in [2.75, 3.05) is 45.9 Å². The number of rotatable bonds is 9. The van der Waals surface area contributed by atoms with Crippen molar-refractivity contribution in [3.63, 3.8) is 0 Å². The van der Waals surface area contributed by atoms with Crippen LogP contribution in [0.4, 0.5) is 0 Å². The van der Waals surface area contributed by atoms with Gasteiger partial charge < -0.3 is 29.9 Å². The number of sulfone groups is 1. The van der Waals surface area contributed by atoms with Crippen molar-refractivity contribution < 1.29 is 32.3 Å². The van der Waals surface area contributed by atoms with Gasteiger partial charge in [0.1, 0.15) is 29.8 Å². The fourth-order valence-electron chi connectivity index (χ4n) is 5.82. The Hall–Kier alpha value is -2.74. The van der Waals surface area contributed by atoms with Crippen molar-refractivity contribution in [2.45, 2.75) is 69.0 Å². The molecule has 40 heavy (non-hydrogen) atoms. The topological polar surface area (TPSA) is 146 Å². The lowest BCUT2D eigenvalue weighted by atomic mass is 10.00. The minimum Gasteiger partial charge on any atom is -0.493 e. The van der Waals surface area contributed by atoms with E-state index in [1.807, 2.05) is 31.2 Å². The molecule has 0 aromatic heterocycles. The summed E-state index contributed by atoms with van der Waals surface area (Å²) in [6.45, 7) is 2.63. The number of para-hydroxylation sites is 1. The maximum absolute atomic E-state index is 14.1. The van der Waals surface area contributed by atoms with Crippen LogP contribution >= 0.6 is 0 Å². The van der Waals surface area contributed by atoms with Crippen LogP contribution in [-0.4, -0.2) is 112 Å². The van der Waals surface area contributed by atoms with E-state index in [-0.39, 0.29) is 43.0 Å². The van der Waals surface area contributed by atoms with Crippen molar-refractivity contribution in [1.82, 2.24) is 25.8 Å². The lowest BCUT2D eigenvalue weighted by Crippen LogP contribution is -2.63. The molecule has 1 aromatic rings. The molecule has 1 unspecified atom stereocenters. The molecule has 0 bridgehead atoms. The lowest BCUT2D eigenvalue weighted by molar-refractivity contribution is -0.146. The Morgan fingerprint density at radius 3 is 2.60 bits per heavy atom. The van der Waals surface area contributed by atoms with Crippen LogP contribution in [0.25, 0.3) is 0 Å². The average Bonchev–Trinajstić information content (AvgIpc) is 3.34. The van der Waals surface area contributed by atoms with Crippen molar-refractivity contribution in [2.24, 2.45) is 0 Å². The van der Waals surface area contributed by atoms with Gasteiger partial charge >= 0.3 is 0 Å². The number of hydrogen-bond acceptors (Lipinski definition) is 9. The highest BCUT2D eigenvalue weighted by Gasteiger charge is 2.46. The minimum atomic E-state index is -3.55. The van der Waals surface area contributed by atoms with E-state index < -0.39 is 39.8 Å². The summed E-state index contributed by atoms with van der Waals surface area (Å²) in [7, 11) is -0.257. The van der Waals surface area contributed by atoms with Gasteiger partial charge in [-0.1, -0.05) is 18.2 Å². The second-order valence-corrected chi connectivity index (χ2v) is 13.0. The van der Waals surface area contributed by atoms with Crippen molar-refractivity contribution >= 4 is 27.6 Å². The molecule has 1 aromatic carbocycles. The number of nitrogens with zero attached hydrogens (tertiary/aromatic N) is 2. The summed E-state index contributed by atoms with van der Waals surface area (Å²) in [4.78, 5) is 43.8. The average molecular weight is 580 g/mol. The third kappa shape index (κ3) is 6.93. The summed E-state index contributed by atoms with van der Waals surface area (Å²) >= 11 is 0. The molecule has 13 heteroatoms. The number of amides is 3. The molecule has 3 amide bonds. The molecule has 0 radical (unpaired) electrons. The Bertz CT molecular complexity index is 1200. The quantitative estimate of drug-likeness (QED) is 0.339. The van der Waals surface area contributed by atoms with E-state index in [1.54, 1.807) is 11.9 Å². The second kappa shape index (κ2) is 12.8. The van der Waals surface area contributed by atoms with Crippen LogP contribution in [0.15, 0.2) is 24.3 Å². The van der Waals surface area contributed by atoms with Gasteiger partial charge in [0.2, 0.25) is 17.7 Å². The number of fused-ring (bicyclic) bond motifs is 2.